The van der Waals surface area contributed by atoms with E-state index in [-0.39, 0.29) is 0 Å². The SMILES string of the molecule is CCCC[Si](CCCC)(CCCC)OS(=O)(=O)C(F)(F)F. The summed E-state index contributed by atoms with van der Waals surface area (Å²) in [5, 5.41) is 0. The molecule has 3 nitrogen and oxygen atoms in total. The Bertz CT molecular complexity index is 361. The molecule has 0 aliphatic heterocycles. The van der Waals surface area contributed by atoms with Gasteiger partial charge in [0.05, 0.1) is 0 Å². The van der Waals surface area contributed by atoms with Gasteiger partial charge in [-0.15, -0.1) is 0 Å². The smallest absolute Gasteiger partial charge is 0.308 e. The summed E-state index contributed by atoms with van der Waals surface area (Å²) in [4.78, 5) is 0. The fourth-order valence-electron chi connectivity index (χ4n) is 2.28. The lowest BCUT2D eigenvalue weighted by Gasteiger charge is -2.31. The Labute approximate surface area is 127 Å². The van der Waals surface area contributed by atoms with E-state index in [4.69, 9.17) is 3.87 Å². The topological polar surface area (TPSA) is 43.4 Å². The second-order valence-corrected chi connectivity index (χ2v) is 11.4. The maximum atomic E-state index is 12.6. The van der Waals surface area contributed by atoms with Crippen LogP contribution in [-0.2, 0) is 14.0 Å². The maximum Gasteiger partial charge on any atom is 0.522 e. The second kappa shape index (κ2) is 9.15. The zero-order chi connectivity index (χ0) is 16.6. The van der Waals surface area contributed by atoms with E-state index in [0.29, 0.717) is 37.4 Å². The van der Waals surface area contributed by atoms with Crippen LogP contribution >= 0.6 is 0 Å². The first-order valence-electron chi connectivity index (χ1n) is 7.66. The van der Waals surface area contributed by atoms with Gasteiger partial charge in [-0.25, -0.2) is 0 Å². The summed E-state index contributed by atoms with van der Waals surface area (Å²) in [6, 6.07) is 1.45. The van der Waals surface area contributed by atoms with Gasteiger partial charge in [0.1, 0.15) is 0 Å². The van der Waals surface area contributed by atoms with Crippen molar-refractivity contribution in [1.29, 1.82) is 0 Å². The highest BCUT2D eigenvalue weighted by molar-refractivity contribution is 7.88. The second-order valence-electron chi connectivity index (χ2n) is 5.48. The highest BCUT2D eigenvalue weighted by Crippen LogP contribution is 2.35. The Hall–Kier alpha value is -0.0831. The van der Waals surface area contributed by atoms with Gasteiger partial charge in [-0.05, 0) is 18.1 Å². The highest BCUT2D eigenvalue weighted by atomic mass is 32.2. The van der Waals surface area contributed by atoms with Gasteiger partial charge in [0.2, 0.25) is 8.32 Å². The van der Waals surface area contributed by atoms with E-state index in [1.807, 2.05) is 20.8 Å². The van der Waals surface area contributed by atoms with Crippen LogP contribution in [0.15, 0.2) is 0 Å². The zero-order valence-electron chi connectivity index (χ0n) is 13.1. The largest absolute Gasteiger partial charge is 0.522 e. The molecule has 0 unspecified atom stereocenters. The van der Waals surface area contributed by atoms with Crippen molar-refractivity contribution in [2.45, 2.75) is 82.9 Å². The highest BCUT2D eigenvalue weighted by Gasteiger charge is 2.52. The van der Waals surface area contributed by atoms with Crippen molar-refractivity contribution < 1.29 is 25.5 Å². The van der Waals surface area contributed by atoms with Crippen molar-refractivity contribution in [2.24, 2.45) is 0 Å². The molecule has 128 valence electrons. The maximum absolute atomic E-state index is 12.6. The van der Waals surface area contributed by atoms with E-state index in [2.05, 4.69) is 0 Å². The van der Waals surface area contributed by atoms with Crippen molar-refractivity contribution in [2.75, 3.05) is 0 Å². The van der Waals surface area contributed by atoms with Crippen molar-refractivity contribution >= 4 is 18.4 Å². The third-order valence-corrected chi connectivity index (χ3v) is 10.2. The molecule has 0 heterocycles. The lowest BCUT2D eigenvalue weighted by atomic mass is 10.4. The van der Waals surface area contributed by atoms with E-state index in [9.17, 15) is 21.6 Å². The average Bonchev–Trinajstić information content (AvgIpc) is 2.38. The standard InChI is InChI=1S/C13H27F3O3SSi/c1-4-7-10-21(11-8-5-2,12-9-6-3)19-20(17,18)13(14,15)16/h4-12H2,1-3H3. The van der Waals surface area contributed by atoms with Crippen LogP contribution in [0, 0.1) is 0 Å². The van der Waals surface area contributed by atoms with Crippen molar-refractivity contribution in [3.05, 3.63) is 0 Å². The van der Waals surface area contributed by atoms with Gasteiger partial charge in [-0.2, -0.15) is 21.6 Å². The number of halogens is 3. The molecule has 0 radical (unpaired) electrons. The molecule has 0 rings (SSSR count). The number of unbranched alkanes of at least 4 members (excludes halogenated alkanes) is 3. The van der Waals surface area contributed by atoms with Crippen LogP contribution in [0.3, 0.4) is 0 Å². The number of hydrogen-bond acceptors (Lipinski definition) is 3. The minimum Gasteiger partial charge on any atom is -0.308 e. The normalized spacial score (nSPS) is 13.6. The molecule has 0 aromatic carbocycles. The molecule has 8 heteroatoms. The first-order chi connectivity index (χ1) is 9.64. The molecule has 0 N–H and O–H groups in total. The summed E-state index contributed by atoms with van der Waals surface area (Å²) >= 11 is 0. The lowest BCUT2D eigenvalue weighted by Crippen LogP contribution is -2.44. The summed E-state index contributed by atoms with van der Waals surface area (Å²) in [6.07, 6.45) is 4.61. The Kier molecular flexibility index (Phi) is 9.11. The van der Waals surface area contributed by atoms with Gasteiger partial charge < -0.3 is 3.87 Å². The zero-order valence-corrected chi connectivity index (χ0v) is 14.9. The molecule has 0 aromatic heterocycles. The monoisotopic (exact) mass is 348 g/mol. The van der Waals surface area contributed by atoms with Crippen LogP contribution in [0.1, 0.15) is 59.3 Å². The average molecular weight is 349 g/mol. The quantitative estimate of drug-likeness (QED) is 0.381. The van der Waals surface area contributed by atoms with Crippen LogP contribution in [-0.4, -0.2) is 22.2 Å². The van der Waals surface area contributed by atoms with Crippen molar-refractivity contribution in [3.63, 3.8) is 0 Å². The Morgan fingerprint density at radius 3 is 1.43 bits per heavy atom. The fourth-order valence-corrected chi connectivity index (χ4v) is 9.26. The van der Waals surface area contributed by atoms with Crippen molar-refractivity contribution in [1.82, 2.24) is 0 Å². The van der Waals surface area contributed by atoms with Gasteiger partial charge in [0.15, 0.2) is 0 Å². The predicted molar refractivity (Wildman–Crippen MR) is 81.0 cm³/mol. The van der Waals surface area contributed by atoms with E-state index in [0.717, 1.165) is 19.3 Å². The lowest BCUT2D eigenvalue weighted by molar-refractivity contribution is -0.0504. The molecule has 0 atom stereocenters. The molecular formula is C13H27F3O3SSi. The Morgan fingerprint density at radius 1 is 0.857 bits per heavy atom. The molecule has 0 spiro atoms. The van der Waals surface area contributed by atoms with Gasteiger partial charge in [-0.1, -0.05) is 59.3 Å². The molecule has 0 bridgehead atoms. The van der Waals surface area contributed by atoms with E-state index in [1.165, 1.54) is 0 Å². The van der Waals surface area contributed by atoms with Gasteiger partial charge >= 0.3 is 15.6 Å². The van der Waals surface area contributed by atoms with Gasteiger partial charge in [0, 0.05) is 0 Å². The van der Waals surface area contributed by atoms with Crippen LogP contribution < -0.4 is 0 Å². The van der Waals surface area contributed by atoms with E-state index >= 15 is 0 Å². The van der Waals surface area contributed by atoms with Gasteiger partial charge in [0.25, 0.3) is 0 Å². The molecule has 0 saturated heterocycles. The number of rotatable bonds is 11. The fraction of sp³-hybridized carbons (Fsp3) is 1.00. The molecule has 0 aliphatic rings. The predicted octanol–water partition coefficient (Wildman–Crippen LogP) is 5.20. The van der Waals surface area contributed by atoms with Crippen LogP contribution in [0.25, 0.3) is 0 Å². The first-order valence-corrected chi connectivity index (χ1v) is 11.6. The third kappa shape index (κ3) is 7.14. The number of alkyl halides is 3. The summed E-state index contributed by atoms with van der Waals surface area (Å²) in [5.74, 6) is 0. The Balaban J connectivity index is 5.30. The minimum atomic E-state index is -5.48. The molecule has 0 aromatic rings. The summed E-state index contributed by atoms with van der Waals surface area (Å²) in [7, 11) is -8.40. The molecule has 0 aliphatic carbocycles. The molecular weight excluding hydrogens is 321 g/mol. The van der Waals surface area contributed by atoms with E-state index < -0.39 is 23.9 Å². The van der Waals surface area contributed by atoms with Crippen LogP contribution in [0.2, 0.25) is 18.1 Å². The first kappa shape index (κ1) is 20.9. The molecule has 21 heavy (non-hydrogen) atoms. The minimum absolute atomic E-state index is 0.485. The van der Waals surface area contributed by atoms with E-state index in [1.54, 1.807) is 0 Å². The van der Waals surface area contributed by atoms with Crippen molar-refractivity contribution in [3.8, 4) is 0 Å². The molecule has 0 saturated carbocycles. The van der Waals surface area contributed by atoms with Gasteiger partial charge in [-0.3, -0.25) is 0 Å². The molecule has 0 amide bonds. The number of hydrogen-bond donors (Lipinski definition) is 0. The summed E-state index contributed by atoms with van der Waals surface area (Å²) in [6.45, 7) is 5.82. The van der Waals surface area contributed by atoms with Crippen LogP contribution in [0.4, 0.5) is 13.2 Å². The van der Waals surface area contributed by atoms with Crippen LogP contribution in [0.5, 0.6) is 0 Å². The Morgan fingerprint density at radius 2 is 1.19 bits per heavy atom. The summed E-state index contributed by atoms with van der Waals surface area (Å²) in [5.41, 5.74) is -5.32. The molecule has 0 fully saturated rings. The third-order valence-electron chi connectivity index (χ3n) is 3.53. The summed E-state index contributed by atoms with van der Waals surface area (Å²) < 4.78 is 65.7.